The van der Waals surface area contributed by atoms with Crippen molar-refractivity contribution in [2.24, 2.45) is 5.73 Å². The number of anilines is 1. The third kappa shape index (κ3) is 5.38. The van der Waals surface area contributed by atoms with E-state index in [9.17, 15) is 4.79 Å². The van der Waals surface area contributed by atoms with Crippen LogP contribution in [0.3, 0.4) is 0 Å². The number of nitrogens with two attached hydrogens (primary N) is 1. The Kier molecular flexibility index (Phi) is 7.24. The van der Waals surface area contributed by atoms with Crippen LogP contribution in [0.4, 0.5) is 5.69 Å². The van der Waals surface area contributed by atoms with Crippen LogP contribution in [-0.4, -0.2) is 26.1 Å². The van der Waals surface area contributed by atoms with Crippen molar-refractivity contribution >= 4 is 11.6 Å². The summed E-state index contributed by atoms with van der Waals surface area (Å²) in [4.78, 5) is 11.4. The van der Waals surface area contributed by atoms with Gasteiger partial charge in [-0.3, -0.25) is 10.1 Å². The van der Waals surface area contributed by atoms with Crippen molar-refractivity contribution in [3.63, 3.8) is 0 Å². The first-order valence-corrected chi connectivity index (χ1v) is 11.3. The highest BCUT2D eigenvalue weighted by molar-refractivity contribution is 5.88. The maximum Gasteiger partial charge on any atom is 0.221 e. The quantitative estimate of drug-likeness (QED) is 0.502. The second kappa shape index (κ2) is 10.5. The average molecular weight is 434 g/mol. The number of hydrogen-bond acceptors (Lipinski definition) is 6. The Labute approximate surface area is 188 Å². The predicted molar refractivity (Wildman–Crippen MR) is 124 cm³/mol. The van der Waals surface area contributed by atoms with E-state index < -0.39 is 0 Å². The number of nitrogens with zero attached hydrogens (tertiary/aromatic N) is 4. The van der Waals surface area contributed by atoms with E-state index in [0.717, 1.165) is 41.0 Å². The third-order valence-corrected chi connectivity index (χ3v) is 6.00. The van der Waals surface area contributed by atoms with Gasteiger partial charge in [-0.15, -0.1) is 5.10 Å². The van der Waals surface area contributed by atoms with Gasteiger partial charge in [-0.1, -0.05) is 55.7 Å². The van der Waals surface area contributed by atoms with Gasteiger partial charge in [0, 0.05) is 25.7 Å². The van der Waals surface area contributed by atoms with E-state index in [2.05, 4.69) is 38.3 Å². The highest BCUT2D eigenvalue weighted by atomic mass is 16.1. The Morgan fingerprint density at radius 1 is 1.12 bits per heavy atom. The molecule has 1 aromatic heterocycles. The fourth-order valence-electron chi connectivity index (χ4n) is 4.38. The zero-order chi connectivity index (χ0) is 22.3. The molecule has 1 heterocycles. The fourth-order valence-corrected chi connectivity index (χ4v) is 4.38. The predicted octanol–water partition coefficient (Wildman–Crippen LogP) is 3.47. The molecule has 32 heavy (non-hydrogen) atoms. The zero-order valence-corrected chi connectivity index (χ0v) is 18.5. The number of tetrazole rings is 1. The molecule has 0 spiro atoms. The Hall–Kier alpha value is -3.10. The molecule has 0 radical (unpaired) electrons. The summed E-state index contributed by atoms with van der Waals surface area (Å²) in [6.45, 7) is 2.68. The van der Waals surface area contributed by atoms with Crippen molar-refractivity contribution in [2.45, 2.75) is 64.2 Å². The second-order valence-electron chi connectivity index (χ2n) is 8.41. The number of carbonyl (C=O) groups excluding carboxylic acids is 1. The summed E-state index contributed by atoms with van der Waals surface area (Å²) >= 11 is 0. The summed E-state index contributed by atoms with van der Waals surface area (Å²) in [5.74, 6) is 0.729. The van der Waals surface area contributed by atoms with Gasteiger partial charge < -0.3 is 11.1 Å². The van der Waals surface area contributed by atoms with Crippen molar-refractivity contribution in [1.82, 2.24) is 25.5 Å². The molecule has 8 nitrogen and oxygen atoms in total. The van der Waals surface area contributed by atoms with E-state index in [4.69, 9.17) is 5.73 Å². The number of nitrogens with one attached hydrogen (secondary N) is 2. The lowest BCUT2D eigenvalue weighted by atomic mass is 9.95. The fraction of sp³-hybridized carbons (Fsp3) is 0.417. The summed E-state index contributed by atoms with van der Waals surface area (Å²) < 4.78 is 2.01. The molecule has 4 rings (SSSR count). The van der Waals surface area contributed by atoms with Crippen LogP contribution in [0.25, 0.3) is 0 Å². The molecule has 2 aromatic carbocycles. The molecule has 1 atom stereocenters. The van der Waals surface area contributed by atoms with E-state index >= 15 is 0 Å². The van der Waals surface area contributed by atoms with Crippen LogP contribution in [0.1, 0.15) is 73.6 Å². The standard InChI is InChI=1S/C24H31N7O/c1-17(32)27-21-12-10-20(11-13-21)23(26-16-19-7-5-6-18(14-19)15-25)24-28-29-30-31(24)22-8-3-2-4-9-22/h5-7,10-14,22-23,26H,2-4,8-9,15-16,25H2,1H3,(H,27,32). The minimum Gasteiger partial charge on any atom is -0.326 e. The molecule has 1 aliphatic rings. The Morgan fingerprint density at radius 3 is 2.59 bits per heavy atom. The van der Waals surface area contributed by atoms with E-state index in [0.29, 0.717) is 19.1 Å². The third-order valence-electron chi connectivity index (χ3n) is 6.00. The monoisotopic (exact) mass is 433 g/mol. The summed E-state index contributed by atoms with van der Waals surface area (Å²) in [6.07, 6.45) is 5.89. The first-order valence-electron chi connectivity index (χ1n) is 11.3. The Morgan fingerprint density at radius 2 is 1.88 bits per heavy atom. The molecule has 1 unspecified atom stereocenters. The van der Waals surface area contributed by atoms with Crippen molar-refractivity contribution in [1.29, 1.82) is 0 Å². The van der Waals surface area contributed by atoms with Crippen molar-refractivity contribution in [3.8, 4) is 0 Å². The number of rotatable bonds is 8. The molecular formula is C24H31N7O. The largest absolute Gasteiger partial charge is 0.326 e. The molecule has 4 N–H and O–H groups in total. The van der Waals surface area contributed by atoms with Crippen molar-refractivity contribution < 1.29 is 4.79 Å². The van der Waals surface area contributed by atoms with Crippen LogP contribution >= 0.6 is 0 Å². The van der Waals surface area contributed by atoms with Crippen LogP contribution in [0.5, 0.6) is 0 Å². The topological polar surface area (TPSA) is 111 Å². The SMILES string of the molecule is CC(=O)Nc1ccc(C(NCc2cccc(CN)c2)c2nnnn2C2CCCCC2)cc1. The van der Waals surface area contributed by atoms with Gasteiger partial charge >= 0.3 is 0 Å². The van der Waals surface area contributed by atoms with Gasteiger partial charge in [-0.25, -0.2) is 4.68 Å². The Balaban J connectivity index is 1.62. The van der Waals surface area contributed by atoms with Gasteiger partial charge in [0.2, 0.25) is 5.91 Å². The van der Waals surface area contributed by atoms with Crippen molar-refractivity contribution in [3.05, 3.63) is 71.0 Å². The first-order chi connectivity index (χ1) is 15.6. The summed E-state index contributed by atoms with van der Waals surface area (Å²) in [5.41, 5.74) is 9.88. The summed E-state index contributed by atoms with van der Waals surface area (Å²) in [5, 5.41) is 19.3. The lowest BCUT2D eigenvalue weighted by molar-refractivity contribution is -0.114. The molecule has 1 saturated carbocycles. The van der Waals surface area contributed by atoms with Gasteiger partial charge in [0.15, 0.2) is 5.82 Å². The number of benzene rings is 2. The number of amides is 1. The van der Waals surface area contributed by atoms with Crippen LogP contribution in [0, 0.1) is 0 Å². The second-order valence-corrected chi connectivity index (χ2v) is 8.41. The van der Waals surface area contributed by atoms with Crippen LogP contribution in [-0.2, 0) is 17.9 Å². The maximum atomic E-state index is 11.4. The highest BCUT2D eigenvalue weighted by Gasteiger charge is 2.26. The molecule has 0 saturated heterocycles. The van der Waals surface area contributed by atoms with E-state index in [-0.39, 0.29) is 11.9 Å². The zero-order valence-electron chi connectivity index (χ0n) is 18.5. The summed E-state index contributed by atoms with van der Waals surface area (Å²) in [6, 6.07) is 16.3. The van der Waals surface area contributed by atoms with Crippen LogP contribution in [0.2, 0.25) is 0 Å². The van der Waals surface area contributed by atoms with Gasteiger partial charge in [-0.2, -0.15) is 0 Å². The lowest BCUT2D eigenvalue weighted by Crippen LogP contribution is -2.28. The van der Waals surface area contributed by atoms with E-state index in [1.165, 1.54) is 26.2 Å². The van der Waals surface area contributed by atoms with Gasteiger partial charge in [0.05, 0.1) is 12.1 Å². The van der Waals surface area contributed by atoms with E-state index in [1.54, 1.807) is 0 Å². The summed E-state index contributed by atoms with van der Waals surface area (Å²) in [7, 11) is 0. The van der Waals surface area contributed by atoms with Gasteiger partial charge in [0.1, 0.15) is 0 Å². The van der Waals surface area contributed by atoms with E-state index in [1.807, 2.05) is 41.1 Å². The molecule has 1 aliphatic carbocycles. The normalized spacial score (nSPS) is 15.4. The molecule has 1 fully saturated rings. The smallest absolute Gasteiger partial charge is 0.221 e. The molecule has 3 aromatic rings. The number of aromatic nitrogens is 4. The minimum absolute atomic E-state index is 0.0894. The molecule has 168 valence electrons. The Bertz CT molecular complexity index is 1020. The number of carbonyl (C=O) groups is 1. The molecule has 1 amide bonds. The highest BCUT2D eigenvalue weighted by Crippen LogP contribution is 2.31. The van der Waals surface area contributed by atoms with Crippen LogP contribution < -0.4 is 16.4 Å². The van der Waals surface area contributed by atoms with Gasteiger partial charge in [-0.05, 0) is 52.1 Å². The first kappa shape index (κ1) is 22.1. The average Bonchev–Trinajstić information content (AvgIpc) is 3.30. The van der Waals surface area contributed by atoms with Gasteiger partial charge in [0.25, 0.3) is 0 Å². The lowest BCUT2D eigenvalue weighted by Gasteiger charge is -2.25. The van der Waals surface area contributed by atoms with Crippen LogP contribution in [0.15, 0.2) is 48.5 Å². The molecule has 8 heteroatoms. The minimum atomic E-state index is -0.181. The molecule has 0 aliphatic heterocycles. The van der Waals surface area contributed by atoms with Crippen molar-refractivity contribution in [2.75, 3.05) is 5.32 Å². The molecular weight excluding hydrogens is 402 g/mol. The number of hydrogen-bond donors (Lipinski definition) is 3. The maximum absolute atomic E-state index is 11.4. The molecule has 0 bridgehead atoms.